The average Bonchev–Trinajstić information content (AvgIpc) is 2.58. The van der Waals surface area contributed by atoms with Crippen LogP contribution in [0.4, 0.5) is 5.69 Å². The number of rotatable bonds is 7. The molecule has 0 radical (unpaired) electrons. The number of carbonyl (C=O) groups is 1. The number of anilines is 1. The zero-order valence-corrected chi connectivity index (χ0v) is 12.5. The highest BCUT2D eigenvalue weighted by Crippen LogP contribution is 2.14. The van der Waals surface area contributed by atoms with E-state index in [2.05, 4.69) is 15.8 Å². The Labute approximate surface area is 130 Å². The Bertz CT molecular complexity index is 610. The van der Waals surface area contributed by atoms with E-state index in [-0.39, 0.29) is 12.5 Å². The fraction of sp³-hybridized carbons (Fsp3) is 0.176. The van der Waals surface area contributed by atoms with Gasteiger partial charge in [-0.25, -0.2) is 5.43 Å². The smallest absolute Gasteiger partial charge is 0.259 e. The van der Waals surface area contributed by atoms with Crippen molar-refractivity contribution in [1.82, 2.24) is 5.43 Å². The van der Waals surface area contributed by atoms with E-state index < -0.39 is 0 Å². The molecule has 0 heterocycles. The number of nitrogens with one attached hydrogen (secondary N) is 2. The standard InChI is InChI=1S/C17H19N3O2/c1-22-16-9-7-15(8-10-16)18-13-17(21)20-19-12-11-14-5-3-2-4-6-14/h2-10,12,18H,11,13H2,1H3,(H,20,21)/b19-12+. The van der Waals surface area contributed by atoms with Crippen LogP contribution in [0, 0.1) is 0 Å². The van der Waals surface area contributed by atoms with Gasteiger partial charge in [0.25, 0.3) is 5.91 Å². The van der Waals surface area contributed by atoms with Crippen molar-refractivity contribution in [2.24, 2.45) is 5.10 Å². The number of benzene rings is 2. The van der Waals surface area contributed by atoms with Gasteiger partial charge in [-0.05, 0) is 29.8 Å². The first-order valence-corrected chi connectivity index (χ1v) is 7.00. The molecule has 2 aromatic rings. The summed E-state index contributed by atoms with van der Waals surface area (Å²) in [5.41, 5.74) is 4.49. The highest BCUT2D eigenvalue weighted by molar-refractivity contribution is 5.81. The molecule has 1 amide bonds. The number of nitrogens with zero attached hydrogens (tertiary/aromatic N) is 1. The number of hydrazone groups is 1. The monoisotopic (exact) mass is 297 g/mol. The summed E-state index contributed by atoms with van der Waals surface area (Å²) >= 11 is 0. The van der Waals surface area contributed by atoms with Gasteiger partial charge < -0.3 is 10.1 Å². The molecule has 22 heavy (non-hydrogen) atoms. The Kier molecular flexibility index (Phi) is 5.99. The Balaban J connectivity index is 1.69. The third kappa shape index (κ3) is 5.28. The maximum Gasteiger partial charge on any atom is 0.259 e. The topological polar surface area (TPSA) is 62.7 Å². The van der Waals surface area contributed by atoms with Crippen LogP contribution >= 0.6 is 0 Å². The molecule has 0 fully saturated rings. The van der Waals surface area contributed by atoms with Crippen molar-refractivity contribution < 1.29 is 9.53 Å². The van der Waals surface area contributed by atoms with Gasteiger partial charge in [0, 0.05) is 18.3 Å². The average molecular weight is 297 g/mol. The van der Waals surface area contributed by atoms with Crippen LogP contribution in [-0.2, 0) is 11.2 Å². The van der Waals surface area contributed by atoms with E-state index in [4.69, 9.17) is 4.74 Å². The minimum absolute atomic E-state index is 0.162. The zero-order chi connectivity index (χ0) is 15.6. The molecule has 0 atom stereocenters. The normalized spacial score (nSPS) is 10.4. The summed E-state index contributed by atoms with van der Waals surface area (Å²) < 4.78 is 5.07. The van der Waals surface area contributed by atoms with Crippen LogP contribution < -0.4 is 15.5 Å². The second kappa shape index (κ2) is 8.46. The third-order valence-electron chi connectivity index (χ3n) is 2.99. The molecule has 0 spiro atoms. The molecule has 2 rings (SSSR count). The maximum atomic E-state index is 11.6. The number of hydrogen-bond donors (Lipinski definition) is 2. The van der Waals surface area contributed by atoms with Gasteiger partial charge in [-0.2, -0.15) is 5.10 Å². The Hall–Kier alpha value is -2.82. The summed E-state index contributed by atoms with van der Waals surface area (Å²) in [6.45, 7) is 0.162. The predicted molar refractivity (Wildman–Crippen MR) is 88.3 cm³/mol. The Morgan fingerprint density at radius 1 is 1.14 bits per heavy atom. The SMILES string of the molecule is COc1ccc(NCC(=O)N/N=C/Cc2ccccc2)cc1. The van der Waals surface area contributed by atoms with Crippen LogP contribution in [0.5, 0.6) is 5.75 Å². The van der Waals surface area contributed by atoms with Crippen molar-refractivity contribution in [3.63, 3.8) is 0 Å². The number of ether oxygens (including phenoxy) is 1. The number of carbonyl (C=O) groups excluding carboxylic acids is 1. The van der Waals surface area contributed by atoms with Crippen LogP contribution in [0.2, 0.25) is 0 Å². The second-order valence-corrected chi connectivity index (χ2v) is 4.62. The van der Waals surface area contributed by atoms with E-state index in [9.17, 15) is 4.79 Å². The summed E-state index contributed by atoms with van der Waals surface area (Å²) in [7, 11) is 1.61. The highest BCUT2D eigenvalue weighted by Gasteiger charge is 1.99. The predicted octanol–water partition coefficient (Wildman–Crippen LogP) is 2.45. The van der Waals surface area contributed by atoms with Gasteiger partial charge >= 0.3 is 0 Å². The van der Waals surface area contributed by atoms with Gasteiger partial charge in [0.1, 0.15) is 5.75 Å². The molecule has 0 saturated heterocycles. The molecule has 0 aliphatic carbocycles. The minimum atomic E-state index is -0.194. The first-order valence-electron chi connectivity index (χ1n) is 7.00. The first kappa shape index (κ1) is 15.6. The molecule has 0 saturated carbocycles. The van der Waals surface area contributed by atoms with E-state index in [0.29, 0.717) is 6.42 Å². The van der Waals surface area contributed by atoms with Crippen LogP contribution in [-0.4, -0.2) is 25.8 Å². The number of amides is 1. The molecule has 0 bridgehead atoms. The van der Waals surface area contributed by atoms with Crippen molar-refractivity contribution in [2.75, 3.05) is 19.0 Å². The summed E-state index contributed by atoms with van der Waals surface area (Å²) in [5.74, 6) is 0.584. The molecule has 0 aliphatic rings. The minimum Gasteiger partial charge on any atom is -0.497 e. The number of hydrogen-bond acceptors (Lipinski definition) is 4. The largest absolute Gasteiger partial charge is 0.497 e. The molecule has 0 unspecified atom stereocenters. The molecular weight excluding hydrogens is 278 g/mol. The Morgan fingerprint density at radius 2 is 1.86 bits per heavy atom. The molecule has 2 aromatic carbocycles. The van der Waals surface area contributed by atoms with Gasteiger partial charge in [0.15, 0.2) is 0 Å². The van der Waals surface area contributed by atoms with Gasteiger partial charge in [0.05, 0.1) is 13.7 Å². The van der Waals surface area contributed by atoms with Crippen molar-refractivity contribution in [2.45, 2.75) is 6.42 Å². The third-order valence-corrected chi connectivity index (χ3v) is 2.99. The van der Waals surface area contributed by atoms with Crippen molar-refractivity contribution in [3.8, 4) is 5.75 Å². The van der Waals surface area contributed by atoms with E-state index >= 15 is 0 Å². The van der Waals surface area contributed by atoms with E-state index in [1.165, 1.54) is 0 Å². The second-order valence-electron chi connectivity index (χ2n) is 4.62. The van der Waals surface area contributed by atoms with Crippen molar-refractivity contribution >= 4 is 17.8 Å². The quantitative estimate of drug-likeness (QED) is 0.609. The summed E-state index contributed by atoms with van der Waals surface area (Å²) in [6.07, 6.45) is 2.37. The first-order chi connectivity index (χ1) is 10.8. The Morgan fingerprint density at radius 3 is 2.55 bits per heavy atom. The fourth-order valence-corrected chi connectivity index (χ4v) is 1.81. The maximum absolute atomic E-state index is 11.6. The summed E-state index contributed by atoms with van der Waals surface area (Å²) in [5, 5.41) is 6.93. The molecular formula is C17H19N3O2. The van der Waals surface area contributed by atoms with Gasteiger partial charge in [-0.3, -0.25) is 4.79 Å². The zero-order valence-electron chi connectivity index (χ0n) is 12.5. The van der Waals surface area contributed by atoms with Crippen molar-refractivity contribution in [3.05, 3.63) is 60.2 Å². The van der Waals surface area contributed by atoms with Crippen LogP contribution in [0.1, 0.15) is 5.56 Å². The van der Waals surface area contributed by atoms with E-state index in [1.807, 2.05) is 54.6 Å². The van der Waals surface area contributed by atoms with Gasteiger partial charge in [-0.15, -0.1) is 0 Å². The lowest BCUT2D eigenvalue weighted by molar-refractivity contribution is -0.119. The van der Waals surface area contributed by atoms with Gasteiger partial charge in [-0.1, -0.05) is 30.3 Å². The molecule has 5 nitrogen and oxygen atoms in total. The number of methoxy groups -OCH3 is 1. The van der Waals surface area contributed by atoms with Crippen LogP contribution in [0.25, 0.3) is 0 Å². The summed E-state index contributed by atoms with van der Waals surface area (Å²) in [6, 6.07) is 17.3. The van der Waals surface area contributed by atoms with Crippen molar-refractivity contribution in [1.29, 1.82) is 0 Å². The van der Waals surface area contributed by atoms with Crippen LogP contribution in [0.15, 0.2) is 59.7 Å². The van der Waals surface area contributed by atoms with Gasteiger partial charge in [0.2, 0.25) is 0 Å². The van der Waals surface area contributed by atoms with E-state index in [1.54, 1.807) is 13.3 Å². The van der Waals surface area contributed by atoms with Crippen LogP contribution in [0.3, 0.4) is 0 Å². The molecule has 2 N–H and O–H groups in total. The molecule has 0 aliphatic heterocycles. The molecule has 114 valence electrons. The molecule has 0 aromatic heterocycles. The highest BCUT2D eigenvalue weighted by atomic mass is 16.5. The van der Waals surface area contributed by atoms with E-state index in [0.717, 1.165) is 17.0 Å². The fourth-order valence-electron chi connectivity index (χ4n) is 1.81. The molecule has 5 heteroatoms. The lowest BCUT2D eigenvalue weighted by Gasteiger charge is -2.06. The summed E-state index contributed by atoms with van der Waals surface area (Å²) in [4.78, 5) is 11.6. The lowest BCUT2D eigenvalue weighted by Crippen LogP contribution is -2.25. The lowest BCUT2D eigenvalue weighted by atomic mass is 10.2.